The number of benzene rings is 1. The second kappa shape index (κ2) is 6.20. The van der Waals surface area contributed by atoms with Crippen molar-refractivity contribution < 1.29 is 0 Å². The molecule has 3 aromatic rings. The van der Waals surface area contributed by atoms with E-state index < -0.39 is 0 Å². The molecule has 0 bridgehead atoms. The summed E-state index contributed by atoms with van der Waals surface area (Å²) in [6, 6.07) is 7.29. The summed E-state index contributed by atoms with van der Waals surface area (Å²) in [7, 11) is 1.73. The molecule has 3 rings (SSSR count). The Kier molecular flexibility index (Phi) is 4.29. The number of hydrogen-bond donors (Lipinski definition) is 1. The number of anilines is 1. The highest BCUT2D eigenvalue weighted by Gasteiger charge is 2.15. The van der Waals surface area contributed by atoms with Crippen LogP contribution in [0.4, 0.5) is 5.82 Å². The number of nitrogens with one attached hydrogen (secondary N) is 1. The summed E-state index contributed by atoms with van der Waals surface area (Å²) < 4.78 is 0.941. The molecule has 2 aromatic heterocycles. The Morgan fingerprint density at radius 3 is 2.64 bits per heavy atom. The number of aromatic nitrogens is 2. The third-order valence-electron chi connectivity index (χ3n) is 3.12. The van der Waals surface area contributed by atoms with Gasteiger partial charge in [-0.3, -0.25) is 4.99 Å². The standard InChI is InChI=1S/C15H12Cl2N4S/c1-8(18-2)20-14-13-11(6-7-19-14)21-15(22-13)12-9(16)4-3-5-10(12)17/h3-7H,1-2H3,(H,18,19,20). The number of halogens is 2. The lowest BCUT2D eigenvalue weighted by molar-refractivity contribution is 1.32. The molecule has 0 saturated heterocycles. The molecule has 0 spiro atoms. The molecule has 0 aliphatic carbocycles. The van der Waals surface area contributed by atoms with E-state index in [0.717, 1.165) is 32.4 Å². The van der Waals surface area contributed by atoms with Crippen molar-refractivity contribution in [1.82, 2.24) is 9.97 Å². The van der Waals surface area contributed by atoms with Gasteiger partial charge in [0.1, 0.15) is 5.01 Å². The number of amidine groups is 1. The number of fused-ring (bicyclic) bond motifs is 1. The summed E-state index contributed by atoms with van der Waals surface area (Å²) in [6.07, 6.45) is 1.71. The van der Waals surface area contributed by atoms with E-state index in [4.69, 9.17) is 23.2 Å². The van der Waals surface area contributed by atoms with Gasteiger partial charge in [0.2, 0.25) is 0 Å². The first-order valence-corrected chi connectivity index (χ1v) is 8.07. The van der Waals surface area contributed by atoms with Crippen LogP contribution in [0.25, 0.3) is 20.8 Å². The van der Waals surface area contributed by atoms with Gasteiger partial charge in [0.05, 0.1) is 26.1 Å². The third-order valence-corrected chi connectivity index (χ3v) is 4.84. The maximum Gasteiger partial charge on any atom is 0.150 e. The van der Waals surface area contributed by atoms with Gasteiger partial charge in [-0.25, -0.2) is 9.97 Å². The fraction of sp³-hybridized carbons (Fsp3) is 0.133. The topological polar surface area (TPSA) is 50.2 Å². The number of pyridine rings is 1. The van der Waals surface area contributed by atoms with Crippen LogP contribution in [0.3, 0.4) is 0 Å². The highest BCUT2D eigenvalue weighted by Crippen LogP contribution is 2.40. The maximum atomic E-state index is 6.27. The summed E-state index contributed by atoms with van der Waals surface area (Å²) in [5.74, 6) is 1.51. The molecule has 1 N–H and O–H groups in total. The van der Waals surface area contributed by atoms with E-state index >= 15 is 0 Å². The van der Waals surface area contributed by atoms with Crippen molar-refractivity contribution in [3.63, 3.8) is 0 Å². The SMILES string of the molecule is CN=C(C)Nc1nccc2nc(-c3c(Cl)cccc3Cl)sc12. The van der Waals surface area contributed by atoms with Gasteiger partial charge in [-0.15, -0.1) is 11.3 Å². The number of nitrogens with zero attached hydrogens (tertiary/aromatic N) is 3. The van der Waals surface area contributed by atoms with Crippen LogP contribution in [0.15, 0.2) is 35.5 Å². The molecule has 0 unspecified atom stereocenters. The second-order valence-corrected chi connectivity index (χ2v) is 6.37. The Morgan fingerprint density at radius 1 is 1.23 bits per heavy atom. The van der Waals surface area contributed by atoms with Crippen molar-refractivity contribution in [2.45, 2.75) is 6.92 Å². The lowest BCUT2D eigenvalue weighted by atomic mass is 10.2. The fourth-order valence-electron chi connectivity index (χ4n) is 1.98. The predicted molar refractivity (Wildman–Crippen MR) is 95.5 cm³/mol. The predicted octanol–water partition coefficient (Wildman–Crippen LogP) is 5.13. The Hall–Kier alpha value is -1.69. The smallest absolute Gasteiger partial charge is 0.150 e. The van der Waals surface area contributed by atoms with E-state index in [9.17, 15) is 0 Å². The van der Waals surface area contributed by atoms with Gasteiger partial charge in [-0.1, -0.05) is 29.3 Å². The molecule has 0 amide bonds. The first-order chi connectivity index (χ1) is 10.6. The quantitative estimate of drug-likeness (QED) is 0.515. The average Bonchev–Trinajstić information content (AvgIpc) is 2.91. The van der Waals surface area contributed by atoms with Crippen molar-refractivity contribution >= 4 is 56.4 Å². The molecule has 7 heteroatoms. The van der Waals surface area contributed by atoms with Gasteiger partial charge in [-0.2, -0.15) is 0 Å². The van der Waals surface area contributed by atoms with E-state index in [-0.39, 0.29) is 0 Å². The lowest BCUT2D eigenvalue weighted by Crippen LogP contribution is -2.07. The molecular weight excluding hydrogens is 339 g/mol. The zero-order valence-electron chi connectivity index (χ0n) is 11.9. The number of rotatable bonds is 2. The summed E-state index contributed by atoms with van der Waals surface area (Å²) in [4.78, 5) is 13.1. The van der Waals surface area contributed by atoms with Crippen LogP contribution in [0.2, 0.25) is 10.0 Å². The molecule has 1 aromatic carbocycles. The molecule has 0 radical (unpaired) electrons. The molecule has 4 nitrogen and oxygen atoms in total. The first-order valence-electron chi connectivity index (χ1n) is 6.50. The molecule has 0 saturated carbocycles. The monoisotopic (exact) mass is 350 g/mol. The van der Waals surface area contributed by atoms with Crippen molar-refractivity contribution in [3.05, 3.63) is 40.5 Å². The van der Waals surface area contributed by atoms with Crippen LogP contribution in [0, 0.1) is 0 Å². The number of thiazole rings is 1. The molecule has 0 fully saturated rings. The Labute approximate surface area is 141 Å². The Morgan fingerprint density at radius 2 is 1.95 bits per heavy atom. The van der Waals surface area contributed by atoms with Crippen LogP contribution in [-0.2, 0) is 0 Å². The van der Waals surface area contributed by atoms with Gasteiger partial charge in [0, 0.05) is 18.8 Å². The fourth-order valence-corrected chi connectivity index (χ4v) is 3.75. The summed E-state index contributed by atoms with van der Waals surface area (Å²) in [5, 5.41) is 5.11. The highest BCUT2D eigenvalue weighted by atomic mass is 35.5. The molecule has 112 valence electrons. The van der Waals surface area contributed by atoms with Crippen molar-refractivity contribution in [1.29, 1.82) is 0 Å². The average molecular weight is 351 g/mol. The van der Waals surface area contributed by atoms with E-state index in [2.05, 4.69) is 20.3 Å². The molecule has 2 heterocycles. The second-order valence-electron chi connectivity index (χ2n) is 4.56. The van der Waals surface area contributed by atoms with E-state index in [1.165, 1.54) is 11.3 Å². The lowest BCUT2D eigenvalue weighted by Gasteiger charge is -2.04. The van der Waals surface area contributed by atoms with Crippen LogP contribution in [-0.4, -0.2) is 22.9 Å². The van der Waals surface area contributed by atoms with Crippen LogP contribution < -0.4 is 5.32 Å². The van der Waals surface area contributed by atoms with E-state index in [1.54, 1.807) is 25.4 Å². The maximum absolute atomic E-state index is 6.27. The molecule has 0 aliphatic heterocycles. The van der Waals surface area contributed by atoms with Crippen LogP contribution >= 0.6 is 34.5 Å². The molecule has 22 heavy (non-hydrogen) atoms. The Bertz CT molecular complexity index is 853. The minimum Gasteiger partial charge on any atom is -0.328 e. The van der Waals surface area contributed by atoms with Gasteiger partial charge < -0.3 is 5.32 Å². The minimum atomic E-state index is 0.584. The molecule has 0 atom stereocenters. The van der Waals surface area contributed by atoms with Gasteiger partial charge in [-0.05, 0) is 25.1 Å². The van der Waals surface area contributed by atoms with E-state index in [1.807, 2.05) is 19.1 Å². The van der Waals surface area contributed by atoms with Crippen LogP contribution in [0.1, 0.15) is 6.92 Å². The van der Waals surface area contributed by atoms with Gasteiger partial charge >= 0.3 is 0 Å². The summed E-state index contributed by atoms with van der Waals surface area (Å²) in [5.41, 5.74) is 1.59. The van der Waals surface area contributed by atoms with Crippen LogP contribution in [0.5, 0.6) is 0 Å². The van der Waals surface area contributed by atoms with Crippen molar-refractivity contribution in [2.75, 3.05) is 12.4 Å². The zero-order valence-corrected chi connectivity index (χ0v) is 14.2. The normalized spacial score (nSPS) is 11.9. The minimum absolute atomic E-state index is 0.584. The summed E-state index contributed by atoms with van der Waals surface area (Å²) >= 11 is 14.0. The largest absolute Gasteiger partial charge is 0.328 e. The number of aliphatic imine (C=N–C) groups is 1. The Balaban J connectivity index is 2.16. The molecule has 0 aliphatic rings. The van der Waals surface area contributed by atoms with Gasteiger partial charge in [0.15, 0.2) is 5.82 Å². The third kappa shape index (κ3) is 2.79. The first kappa shape index (κ1) is 15.2. The van der Waals surface area contributed by atoms with Crippen molar-refractivity contribution in [2.24, 2.45) is 4.99 Å². The highest BCUT2D eigenvalue weighted by molar-refractivity contribution is 7.22. The number of hydrogen-bond acceptors (Lipinski definition) is 4. The zero-order chi connectivity index (χ0) is 15.7. The van der Waals surface area contributed by atoms with Gasteiger partial charge in [0.25, 0.3) is 0 Å². The van der Waals surface area contributed by atoms with E-state index in [0.29, 0.717) is 10.0 Å². The summed E-state index contributed by atoms with van der Waals surface area (Å²) in [6.45, 7) is 1.88. The molecular formula is C15H12Cl2N4S. The van der Waals surface area contributed by atoms with Crippen molar-refractivity contribution in [3.8, 4) is 10.6 Å².